The SMILES string of the molecule is CC(NC(=O)CSc1ncc(-c2ccccc2)n1C1CC1)C1CC2CCC1C2. The van der Waals surface area contributed by atoms with Crippen LogP contribution in [0.15, 0.2) is 41.7 Å². The number of benzene rings is 1. The minimum absolute atomic E-state index is 0.145. The summed E-state index contributed by atoms with van der Waals surface area (Å²) in [6.45, 7) is 2.20. The van der Waals surface area contributed by atoms with Crippen LogP contribution in [0.1, 0.15) is 51.5 Å². The van der Waals surface area contributed by atoms with Crippen LogP contribution >= 0.6 is 11.8 Å². The van der Waals surface area contributed by atoms with Crippen LogP contribution in [-0.4, -0.2) is 27.3 Å². The van der Waals surface area contributed by atoms with Gasteiger partial charge in [0.25, 0.3) is 0 Å². The van der Waals surface area contributed by atoms with Crippen molar-refractivity contribution in [3.05, 3.63) is 36.5 Å². The van der Waals surface area contributed by atoms with E-state index in [0.717, 1.165) is 17.0 Å². The summed E-state index contributed by atoms with van der Waals surface area (Å²) in [5.41, 5.74) is 2.37. The highest BCUT2D eigenvalue weighted by molar-refractivity contribution is 7.99. The lowest BCUT2D eigenvalue weighted by Crippen LogP contribution is -2.40. The standard InChI is InChI=1S/C23H29N3OS/c1-15(20-12-16-7-8-18(20)11-16)25-22(27)14-28-23-24-13-21(26(23)19-9-10-19)17-5-3-2-4-6-17/h2-6,13,15-16,18-20H,7-12,14H2,1H3,(H,25,27). The van der Waals surface area contributed by atoms with E-state index in [0.29, 0.717) is 23.8 Å². The van der Waals surface area contributed by atoms with Crippen LogP contribution in [0.4, 0.5) is 0 Å². The second-order valence-electron chi connectivity index (χ2n) is 8.88. The number of carbonyl (C=O) groups excluding carboxylic acids is 1. The van der Waals surface area contributed by atoms with Gasteiger partial charge in [-0.1, -0.05) is 48.5 Å². The molecule has 0 aliphatic heterocycles. The van der Waals surface area contributed by atoms with Crippen LogP contribution in [0.5, 0.6) is 0 Å². The molecular weight excluding hydrogens is 366 g/mol. The zero-order chi connectivity index (χ0) is 19.1. The van der Waals surface area contributed by atoms with Gasteiger partial charge in [0.2, 0.25) is 5.91 Å². The third kappa shape index (κ3) is 3.61. The Hall–Kier alpha value is -1.75. The van der Waals surface area contributed by atoms with E-state index in [1.165, 1.54) is 49.8 Å². The molecule has 2 bridgehead atoms. The molecule has 28 heavy (non-hydrogen) atoms. The van der Waals surface area contributed by atoms with Crippen LogP contribution in [0.25, 0.3) is 11.3 Å². The molecular formula is C23H29N3OS. The average Bonchev–Trinajstić information content (AvgIpc) is 3.14. The molecule has 3 saturated carbocycles. The summed E-state index contributed by atoms with van der Waals surface area (Å²) in [5.74, 6) is 3.04. The van der Waals surface area contributed by atoms with Gasteiger partial charge in [0.05, 0.1) is 17.6 Å². The van der Waals surface area contributed by atoms with Gasteiger partial charge in [0.1, 0.15) is 0 Å². The molecule has 3 fully saturated rings. The van der Waals surface area contributed by atoms with Gasteiger partial charge in [-0.2, -0.15) is 0 Å². The van der Waals surface area contributed by atoms with E-state index in [1.54, 1.807) is 11.8 Å². The zero-order valence-corrected chi connectivity index (χ0v) is 17.3. The molecule has 3 aliphatic carbocycles. The summed E-state index contributed by atoms with van der Waals surface area (Å²) in [7, 11) is 0. The van der Waals surface area contributed by atoms with Gasteiger partial charge in [-0.05, 0) is 62.3 Å². The first kappa shape index (κ1) is 18.3. The number of amides is 1. The van der Waals surface area contributed by atoms with Crippen molar-refractivity contribution >= 4 is 17.7 Å². The highest BCUT2D eigenvalue weighted by Crippen LogP contribution is 2.49. The second kappa shape index (κ2) is 7.58. The molecule has 2 aromatic rings. The van der Waals surface area contributed by atoms with Crippen molar-refractivity contribution in [3.8, 4) is 11.3 Å². The molecule has 4 nitrogen and oxygen atoms in total. The predicted molar refractivity (Wildman–Crippen MR) is 113 cm³/mol. The van der Waals surface area contributed by atoms with E-state index in [4.69, 9.17) is 0 Å². The first-order valence-electron chi connectivity index (χ1n) is 10.7. The lowest BCUT2D eigenvalue weighted by molar-refractivity contribution is -0.119. The molecule has 0 saturated heterocycles. The molecule has 1 amide bonds. The summed E-state index contributed by atoms with van der Waals surface area (Å²) in [5, 5.41) is 4.26. The molecule has 4 unspecified atom stereocenters. The number of aromatic nitrogens is 2. The summed E-state index contributed by atoms with van der Waals surface area (Å²) in [6.07, 6.45) is 9.85. The fourth-order valence-electron chi connectivity index (χ4n) is 5.40. The normalized spacial score (nSPS) is 27.1. The van der Waals surface area contributed by atoms with Gasteiger partial charge in [-0.25, -0.2) is 4.98 Å². The van der Waals surface area contributed by atoms with E-state index in [9.17, 15) is 4.79 Å². The minimum Gasteiger partial charge on any atom is -0.353 e. The van der Waals surface area contributed by atoms with E-state index in [2.05, 4.69) is 46.1 Å². The number of rotatable bonds is 7. The quantitative estimate of drug-likeness (QED) is 0.677. The molecule has 1 heterocycles. The maximum absolute atomic E-state index is 12.6. The number of hydrogen-bond acceptors (Lipinski definition) is 3. The van der Waals surface area contributed by atoms with Crippen molar-refractivity contribution in [1.29, 1.82) is 0 Å². The molecule has 148 valence electrons. The van der Waals surface area contributed by atoms with Crippen LogP contribution in [-0.2, 0) is 4.79 Å². The Kier molecular flexibility index (Phi) is 4.95. The van der Waals surface area contributed by atoms with Crippen LogP contribution in [0.3, 0.4) is 0 Å². The number of carbonyl (C=O) groups is 1. The largest absolute Gasteiger partial charge is 0.353 e. The monoisotopic (exact) mass is 395 g/mol. The number of imidazole rings is 1. The topological polar surface area (TPSA) is 46.9 Å². The molecule has 0 radical (unpaired) electrons. The smallest absolute Gasteiger partial charge is 0.230 e. The first-order valence-corrected chi connectivity index (χ1v) is 11.7. The molecule has 1 N–H and O–H groups in total. The highest BCUT2D eigenvalue weighted by atomic mass is 32.2. The van der Waals surface area contributed by atoms with Crippen molar-refractivity contribution in [3.63, 3.8) is 0 Å². The van der Waals surface area contributed by atoms with Crippen molar-refractivity contribution < 1.29 is 4.79 Å². The van der Waals surface area contributed by atoms with Crippen molar-refractivity contribution in [2.75, 3.05) is 5.75 Å². The number of hydrogen-bond donors (Lipinski definition) is 1. The molecule has 0 spiro atoms. The Labute approximate surface area is 171 Å². The third-order valence-corrected chi connectivity index (χ3v) is 7.87. The zero-order valence-electron chi connectivity index (χ0n) is 16.5. The number of fused-ring (bicyclic) bond motifs is 2. The maximum atomic E-state index is 12.6. The Bertz CT molecular complexity index is 845. The first-order chi connectivity index (χ1) is 13.7. The summed E-state index contributed by atoms with van der Waals surface area (Å²) < 4.78 is 2.34. The van der Waals surface area contributed by atoms with Crippen LogP contribution < -0.4 is 5.32 Å². The van der Waals surface area contributed by atoms with Crippen LogP contribution in [0, 0.1) is 17.8 Å². The Morgan fingerprint density at radius 3 is 2.71 bits per heavy atom. The number of nitrogens with one attached hydrogen (secondary N) is 1. The van der Waals surface area contributed by atoms with Gasteiger partial charge in [-0.15, -0.1) is 0 Å². The van der Waals surface area contributed by atoms with Gasteiger partial charge in [-0.3, -0.25) is 4.79 Å². The van der Waals surface area contributed by atoms with Crippen molar-refractivity contribution in [2.24, 2.45) is 17.8 Å². The van der Waals surface area contributed by atoms with E-state index < -0.39 is 0 Å². The number of thioether (sulfide) groups is 1. The Morgan fingerprint density at radius 1 is 1.21 bits per heavy atom. The lowest BCUT2D eigenvalue weighted by Gasteiger charge is -2.28. The molecule has 1 aromatic carbocycles. The predicted octanol–water partition coefficient (Wildman–Crippen LogP) is 4.92. The molecule has 1 aromatic heterocycles. The number of nitrogens with zero attached hydrogens (tertiary/aromatic N) is 2. The Balaban J connectivity index is 1.22. The van der Waals surface area contributed by atoms with Crippen molar-refractivity contribution in [2.45, 2.75) is 62.7 Å². The lowest BCUT2D eigenvalue weighted by atomic mass is 9.84. The van der Waals surface area contributed by atoms with Gasteiger partial charge in [0, 0.05) is 12.1 Å². The average molecular weight is 396 g/mol. The van der Waals surface area contributed by atoms with E-state index in [1.807, 2.05) is 12.3 Å². The van der Waals surface area contributed by atoms with Gasteiger partial charge in [0.15, 0.2) is 5.16 Å². The Morgan fingerprint density at radius 2 is 2.04 bits per heavy atom. The maximum Gasteiger partial charge on any atom is 0.230 e. The molecule has 4 atom stereocenters. The molecule has 5 rings (SSSR count). The molecule has 3 aliphatic rings. The second-order valence-corrected chi connectivity index (χ2v) is 9.82. The van der Waals surface area contributed by atoms with Crippen LogP contribution in [0.2, 0.25) is 0 Å². The summed E-state index contributed by atoms with van der Waals surface area (Å²) in [4.78, 5) is 17.3. The fourth-order valence-corrected chi connectivity index (χ4v) is 6.26. The highest BCUT2D eigenvalue weighted by Gasteiger charge is 2.42. The molecule has 5 heteroatoms. The summed E-state index contributed by atoms with van der Waals surface area (Å²) >= 11 is 1.58. The van der Waals surface area contributed by atoms with Crippen molar-refractivity contribution in [1.82, 2.24) is 14.9 Å². The van der Waals surface area contributed by atoms with E-state index in [-0.39, 0.29) is 5.91 Å². The van der Waals surface area contributed by atoms with E-state index >= 15 is 0 Å². The van der Waals surface area contributed by atoms with Gasteiger partial charge < -0.3 is 9.88 Å². The minimum atomic E-state index is 0.145. The third-order valence-electron chi connectivity index (χ3n) is 6.90. The fraction of sp³-hybridized carbons (Fsp3) is 0.565. The van der Waals surface area contributed by atoms with Gasteiger partial charge >= 0.3 is 0 Å². The summed E-state index contributed by atoms with van der Waals surface area (Å²) in [6, 6.07) is 11.3.